The fourth-order valence-corrected chi connectivity index (χ4v) is 2.53. The highest BCUT2D eigenvalue weighted by molar-refractivity contribution is 7.93. The van der Waals surface area contributed by atoms with Crippen LogP contribution < -0.4 is 9.86 Å². The highest BCUT2D eigenvalue weighted by Crippen LogP contribution is 2.21. The normalized spacial score (nSPS) is 12.7. The van der Waals surface area contributed by atoms with Gasteiger partial charge in [-0.05, 0) is 24.6 Å². The SMILES string of the molecule is Cc1ccc(NS(=O)(=O)C(F)F)cc1S(N)(=O)=O. The van der Waals surface area contributed by atoms with Crippen LogP contribution in [0.3, 0.4) is 0 Å². The average Bonchev–Trinajstić information content (AvgIpc) is 2.18. The Kier molecular flexibility index (Phi) is 3.93. The number of aryl methyl sites for hydroxylation is 1. The first-order valence-corrected chi connectivity index (χ1v) is 7.56. The lowest BCUT2D eigenvalue weighted by Gasteiger charge is -2.09. The smallest absolute Gasteiger partial charge is 0.279 e. The van der Waals surface area contributed by atoms with Crippen LogP contribution in [0.25, 0.3) is 0 Å². The molecule has 102 valence electrons. The summed E-state index contributed by atoms with van der Waals surface area (Å²) in [6.45, 7) is 1.44. The number of primary sulfonamides is 1. The van der Waals surface area contributed by atoms with Crippen LogP contribution in [0.1, 0.15) is 5.56 Å². The van der Waals surface area contributed by atoms with Gasteiger partial charge in [-0.15, -0.1) is 0 Å². The van der Waals surface area contributed by atoms with Crippen molar-refractivity contribution in [3.8, 4) is 0 Å². The van der Waals surface area contributed by atoms with Crippen molar-refractivity contribution in [3.63, 3.8) is 0 Å². The van der Waals surface area contributed by atoms with Gasteiger partial charge in [-0.1, -0.05) is 6.07 Å². The van der Waals surface area contributed by atoms with Crippen LogP contribution in [0.2, 0.25) is 0 Å². The molecule has 1 aromatic rings. The average molecular weight is 300 g/mol. The molecule has 0 saturated carbocycles. The predicted molar refractivity (Wildman–Crippen MR) is 61.1 cm³/mol. The van der Waals surface area contributed by atoms with E-state index in [1.54, 1.807) is 4.72 Å². The van der Waals surface area contributed by atoms with E-state index in [2.05, 4.69) is 0 Å². The van der Waals surface area contributed by atoms with Gasteiger partial charge in [-0.3, -0.25) is 4.72 Å². The van der Waals surface area contributed by atoms with Crippen molar-refractivity contribution in [1.82, 2.24) is 0 Å². The third kappa shape index (κ3) is 3.37. The van der Waals surface area contributed by atoms with Gasteiger partial charge in [0.25, 0.3) is 10.0 Å². The van der Waals surface area contributed by atoms with Crippen molar-refractivity contribution >= 4 is 25.7 Å². The molecule has 0 fully saturated rings. The molecule has 0 heterocycles. The molecule has 0 saturated heterocycles. The van der Waals surface area contributed by atoms with Gasteiger partial charge in [0, 0.05) is 0 Å². The molecule has 0 bridgehead atoms. The minimum Gasteiger partial charge on any atom is -0.279 e. The molecule has 0 amide bonds. The summed E-state index contributed by atoms with van der Waals surface area (Å²) in [6.07, 6.45) is 0. The third-order valence-electron chi connectivity index (χ3n) is 1.99. The number of nitrogens with one attached hydrogen (secondary N) is 1. The number of sulfonamides is 2. The zero-order chi connectivity index (χ0) is 14.1. The van der Waals surface area contributed by atoms with Gasteiger partial charge in [0.1, 0.15) is 0 Å². The van der Waals surface area contributed by atoms with Crippen LogP contribution in [-0.2, 0) is 20.0 Å². The number of nitrogens with two attached hydrogens (primary N) is 1. The second kappa shape index (κ2) is 4.78. The van der Waals surface area contributed by atoms with E-state index in [1.165, 1.54) is 13.0 Å². The Morgan fingerprint density at radius 1 is 1.22 bits per heavy atom. The molecule has 0 unspecified atom stereocenters. The van der Waals surface area contributed by atoms with E-state index in [4.69, 9.17) is 5.14 Å². The van der Waals surface area contributed by atoms with Gasteiger partial charge in [0.15, 0.2) is 0 Å². The monoisotopic (exact) mass is 300 g/mol. The number of halogens is 2. The Hall–Kier alpha value is -1.26. The van der Waals surface area contributed by atoms with Crippen LogP contribution in [-0.4, -0.2) is 22.6 Å². The molecular weight excluding hydrogens is 290 g/mol. The van der Waals surface area contributed by atoms with E-state index >= 15 is 0 Å². The summed E-state index contributed by atoms with van der Waals surface area (Å²) < 4.78 is 69.9. The zero-order valence-electron chi connectivity index (χ0n) is 9.09. The van der Waals surface area contributed by atoms with Crippen molar-refractivity contribution in [2.75, 3.05) is 4.72 Å². The van der Waals surface area contributed by atoms with Crippen molar-refractivity contribution < 1.29 is 25.6 Å². The molecule has 0 radical (unpaired) electrons. The molecule has 0 aliphatic heterocycles. The van der Waals surface area contributed by atoms with E-state index in [0.29, 0.717) is 0 Å². The molecule has 10 heteroatoms. The van der Waals surface area contributed by atoms with Crippen LogP contribution in [0.15, 0.2) is 23.1 Å². The number of hydrogen-bond acceptors (Lipinski definition) is 4. The highest BCUT2D eigenvalue weighted by Gasteiger charge is 2.24. The molecule has 0 spiro atoms. The van der Waals surface area contributed by atoms with Crippen LogP contribution in [0, 0.1) is 6.92 Å². The third-order valence-corrected chi connectivity index (χ3v) is 4.03. The summed E-state index contributed by atoms with van der Waals surface area (Å²) in [4.78, 5) is -0.336. The molecule has 1 rings (SSSR count). The van der Waals surface area contributed by atoms with Gasteiger partial charge in [0.2, 0.25) is 10.0 Å². The lowest BCUT2D eigenvalue weighted by atomic mass is 10.2. The summed E-state index contributed by atoms with van der Waals surface area (Å²) in [6, 6.07) is 3.29. The first-order chi connectivity index (χ1) is 8.04. The van der Waals surface area contributed by atoms with E-state index in [1.807, 2.05) is 0 Å². The highest BCUT2D eigenvalue weighted by atomic mass is 32.2. The lowest BCUT2D eigenvalue weighted by Crippen LogP contribution is -2.21. The molecule has 0 aliphatic carbocycles. The Balaban J connectivity index is 3.24. The number of anilines is 1. The van der Waals surface area contributed by atoms with Gasteiger partial charge in [-0.2, -0.15) is 8.78 Å². The van der Waals surface area contributed by atoms with Gasteiger partial charge < -0.3 is 0 Å². The summed E-state index contributed by atoms with van der Waals surface area (Å²) >= 11 is 0. The maximum Gasteiger partial charge on any atom is 0.355 e. The zero-order valence-corrected chi connectivity index (χ0v) is 10.7. The Labute approximate surface area is 103 Å². The van der Waals surface area contributed by atoms with Gasteiger partial charge >= 0.3 is 5.76 Å². The molecule has 1 aromatic carbocycles. The standard InChI is InChI=1S/C8H10F2N2O4S2/c1-5-2-3-6(4-7(5)17(11,13)14)12-18(15,16)8(9)10/h2-4,8,12H,1H3,(H2,11,13,14). The van der Waals surface area contributed by atoms with E-state index in [-0.39, 0.29) is 16.1 Å². The summed E-state index contributed by atoms with van der Waals surface area (Å²) in [5.41, 5.74) is -0.0255. The Morgan fingerprint density at radius 2 is 1.78 bits per heavy atom. The predicted octanol–water partition coefficient (Wildman–Crippen LogP) is 0.607. The van der Waals surface area contributed by atoms with E-state index in [9.17, 15) is 25.6 Å². The fourth-order valence-electron chi connectivity index (χ4n) is 1.18. The molecule has 18 heavy (non-hydrogen) atoms. The largest absolute Gasteiger partial charge is 0.355 e. The van der Waals surface area contributed by atoms with Crippen LogP contribution in [0.4, 0.5) is 14.5 Å². The Bertz CT molecular complexity index is 656. The van der Waals surface area contributed by atoms with Crippen LogP contribution >= 0.6 is 0 Å². The van der Waals surface area contributed by atoms with Crippen molar-refractivity contribution in [3.05, 3.63) is 23.8 Å². The molecule has 0 aliphatic rings. The molecule has 0 aromatic heterocycles. The van der Waals surface area contributed by atoms with Gasteiger partial charge in [-0.25, -0.2) is 22.0 Å². The summed E-state index contributed by atoms with van der Waals surface area (Å²) in [5.74, 6) is -3.61. The minimum absolute atomic E-state index is 0.275. The molecule has 0 atom stereocenters. The summed E-state index contributed by atoms with van der Waals surface area (Å²) in [5, 5.41) is 4.90. The number of hydrogen-bond donors (Lipinski definition) is 2. The summed E-state index contributed by atoms with van der Waals surface area (Å²) in [7, 11) is -8.90. The number of alkyl halides is 2. The van der Waals surface area contributed by atoms with E-state index in [0.717, 1.165) is 12.1 Å². The fraction of sp³-hybridized carbons (Fsp3) is 0.250. The second-order valence-corrected chi connectivity index (χ2v) is 6.61. The van der Waals surface area contributed by atoms with Gasteiger partial charge in [0.05, 0.1) is 10.6 Å². The van der Waals surface area contributed by atoms with Crippen molar-refractivity contribution in [2.24, 2.45) is 5.14 Å². The minimum atomic E-state index is -4.85. The molecule has 6 nitrogen and oxygen atoms in total. The van der Waals surface area contributed by atoms with Crippen molar-refractivity contribution in [2.45, 2.75) is 17.6 Å². The second-order valence-electron chi connectivity index (χ2n) is 3.43. The van der Waals surface area contributed by atoms with E-state index < -0.39 is 25.8 Å². The maximum absolute atomic E-state index is 12.1. The first-order valence-electron chi connectivity index (χ1n) is 4.47. The Morgan fingerprint density at radius 3 is 2.22 bits per heavy atom. The first kappa shape index (κ1) is 14.8. The van der Waals surface area contributed by atoms with Crippen LogP contribution in [0.5, 0.6) is 0 Å². The topological polar surface area (TPSA) is 106 Å². The molecule has 3 N–H and O–H groups in total. The van der Waals surface area contributed by atoms with Crippen molar-refractivity contribution in [1.29, 1.82) is 0 Å². The number of benzene rings is 1. The quantitative estimate of drug-likeness (QED) is 0.849. The lowest BCUT2D eigenvalue weighted by molar-refractivity contribution is 0.236. The molecular formula is C8H10F2N2O4S2. The maximum atomic E-state index is 12.1. The number of rotatable bonds is 4.